The zero-order chi connectivity index (χ0) is 13.8. The second kappa shape index (κ2) is 6.13. The van der Waals surface area contributed by atoms with Gasteiger partial charge in [-0.1, -0.05) is 36.4 Å². The molecule has 0 aromatic heterocycles. The molecule has 1 aliphatic rings. The van der Waals surface area contributed by atoms with Crippen molar-refractivity contribution >= 4 is 5.69 Å². The first kappa shape index (κ1) is 13.2. The first-order valence-electron chi connectivity index (χ1n) is 7.73. The number of benzene rings is 2. The standard InChI is InChI=1S/C19H23N/c1-15(10-11-16-6-3-2-4-7-16)20-19-13-12-17-8-5-9-18(17)14-19/h2-4,6-7,12-15,20H,5,8-11H2,1H3. The fourth-order valence-electron chi connectivity index (χ4n) is 3.05. The van der Waals surface area contributed by atoms with Crippen molar-refractivity contribution < 1.29 is 0 Å². The maximum absolute atomic E-state index is 3.64. The summed E-state index contributed by atoms with van der Waals surface area (Å²) < 4.78 is 0. The third-order valence-electron chi connectivity index (χ3n) is 4.22. The van der Waals surface area contributed by atoms with Crippen molar-refractivity contribution in [3.8, 4) is 0 Å². The van der Waals surface area contributed by atoms with E-state index in [1.807, 2.05) is 0 Å². The Labute approximate surface area is 122 Å². The van der Waals surface area contributed by atoms with E-state index in [1.54, 1.807) is 11.1 Å². The first-order valence-corrected chi connectivity index (χ1v) is 7.73. The van der Waals surface area contributed by atoms with Crippen molar-refractivity contribution in [1.82, 2.24) is 0 Å². The van der Waals surface area contributed by atoms with E-state index in [0.717, 1.165) is 6.42 Å². The molecule has 1 unspecified atom stereocenters. The van der Waals surface area contributed by atoms with Gasteiger partial charge >= 0.3 is 0 Å². The Hall–Kier alpha value is -1.76. The van der Waals surface area contributed by atoms with Crippen LogP contribution in [-0.2, 0) is 19.3 Å². The van der Waals surface area contributed by atoms with Crippen LogP contribution in [0, 0.1) is 0 Å². The van der Waals surface area contributed by atoms with Gasteiger partial charge in [-0.25, -0.2) is 0 Å². The van der Waals surface area contributed by atoms with Crippen LogP contribution >= 0.6 is 0 Å². The van der Waals surface area contributed by atoms with Gasteiger partial charge in [-0.05, 0) is 67.9 Å². The highest BCUT2D eigenvalue weighted by molar-refractivity contribution is 5.50. The molecule has 1 atom stereocenters. The van der Waals surface area contributed by atoms with Gasteiger partial charge in [-0.15, -0.1) is 0 Å². The van der Waals surface area contributed by atoms with Crippen LogP contribution in [-0.4, -0.2) is 6.04 Å². The average molecular weight is 265 g/mol. The minimum absolute atomic E-state index is 0.509. The normalized spacial score (nSPS) is 14.8. The highest BCUT2D eigenvalue weighted by Crippen LogP contribution is 2.25. The van der Waals surface area contributed by atoms with Crippen LogP contribution in [0.25, 0.3) is 0 Å². The number of fused-ring (bicyclic) bond motifs is 1. The lowest BCUT2D eigenvalue weighted by Crippen LogP contribution is -2.16. The van der Waals surface area contributed by atoms with Gasteiger partial charge in [0.25, 0.3) is 0 Å². The van der Waals surface area contributed by atoms with Crippen molar-refractivity contribution in [2.45, 2.75) is 45.1 Å². The third-order valence-corrected chi connectivity index (χ3v) is 4.22. The van der Waals surface area contributed by atoms with E-state index in [2.05, 4.69) is 60.8 Å². The van der Waals surface area contributed by atoms with Crippen LogP contribution in [0.3, 0.4) is 0 Å². The number of rotatable bonds is 5. The minimum atomic E-state index is 0.509. The maximum atomic E-state index is 3.64. The van der Waals surface area contributed by atoms with Crippen LogP contribution < -0.4 is 5.32 Å². The first-order chi connectivity index (χ1) is 9.81. The molecule has 0 spiro atoms. The lowest BCUT2D eigenvalue weighted by Gasteiger charge is -2.16. The highest BCUT2D eigenvalue weighted by Gasteiger charge is 2.11. The quantitative estimate of drug-likeness (QED) is 0.832. The molecule has 0 bridgehead atoms. The van der Waals surface area contributed by atoms with Gasteiger partial charge in [0, 0.05) is 11.7 Å². The third kappa shape index (κ3) is 3.22. The Kier molecular flexibility index (Phi) is 4.05. The van der Waals surface area contributed by atoms with E-state index in [0.29, 0.717) is 6.04 Å². The molecule has 0 radical (unpaired) electrons. The highest BCUT2D eigenvalue weighted by atomic mass is 14.9. The molecule has 0 fully saturated rings. The van der Waals surface area contributed by atoms with Crippen molar-refractivity contribution in [3.63, 3.8) is 0 Å². The predicted octanol–water partition coefficient (Wildman–Crippen LogP) is 4.61. The zero-order valence-electron chi connectivity index (χ0n) is 12.2. The number of anilines is 1. The summed E-state index contributed by atoms with van der Waals surface area (Å²) in [5.74, 6) is 0. The van der Waals surface area contributed by atoms with Gasteiger partial charge in [0.05, 0.1) is 0 Å². The van der Waals surface area contributed by atoms with Gasteiger partial charge in [0.15, 0.2) is 0 Å². The molecular weight excluding hydrogens is 242 g/mol. The van der Waals surface area contributed by atoms with Gasteiger partial charge in [0.2, 0.25) is 0 Å². The minimum Gasteiger partial charge on any atom is -0.383 e. The molecule has 0 aliphatic heterocycles. The van der Waals surface area contributed by atoms with Gasteiger partial charge in [-0.3, -0.25) is 0 Å². The SMILES string of the molecule is CC(CCc1ccccc1)Nc1ccc2c(c1)CCC2. The van der Waals surface area contributed by atoms with E-state index < -0.39 is 0 Å². The zero-order valence-corrected chi connectivity index (χ0v) is 12.2. The van der Waals surface area contributed by atoms with Crippen molar-refractivity contribution in [1.29, 1.82) is 0 Å². The summed E-state index contributed by atoms with van der Waals surface area (Å²) in [5.41, 5.74) is 5.80. The number of hydrogen-bond acceptors (Lipinski definition) is 1. The Morgan fingerprint density at radius 1 is 1.00 bits per heavy atom. The van der Waals surface area contributed by atoms with Crippen LogP contribution in [0.15, 0.2) is 48.5 Å². The molecule has 1 nitrogen and oxygen atoms in total. The Balaban J connectivity index is 1.55. The Morgan fingerprint density at radius 3 is 2.65 bits per heavy atom. The molecule has 2 aromatic rings. The Bertz CT molecular complexity index is 559. The number of aryl methyl sites for hydroxylation is 3. The van der Waals surface area contributed by atoms with Crippen molar-refractivity contribution in [2.24, 2.45) is 0 Å². The van der Waals surface area contributed by atoms with Crippen molar-refractivity contribution in [3.05, 3.63) is 65.2 Å². The monoisotopic (exact) mass is 265 g/mol. The smallest absolute Gasteiger partial charge is 0.0345 e. The van der Waals surface area contributed by atoms with E-state index >= 15 is 0 Å². The molecule has 1 N–H and O–H groups in total. The second-order valence-electron chi connectivity index (χ2n) is 5.91. The molecule has 104 valence electrons. The van der Waals surface area contributed by atoms with E-state index in [1.165, 1.54) is 36.9 Å². The molecule has 0 saturated heterocycles. The summed E-state index contributed by atoms with van der Waals surface area (Å²) in [7, 11) is 0. The number of hydrogen-bond donors (Lipinski definition) is 1. The van der Waals surface area contributed by atoms with E-state index in [4.69, 9.17) is 0 Å². The summed E-state index contributed by atoms with van der Waals surface area (Å²) in [4.78, 5) is 0. The van der Waals surface area contributed by atoms with E-state index in [-0.39, 0.29) is 0 Å². The lowest BCUT2D eigenvalue weighted by molar-refractivity contribution is 0.706. The summed E-state index contributed by atoms with van der Waals surface area (Å²) >= 11 is 0. The number of nitrogens with one attached hydrogen (secondary N) is 1. The second-order valence-corrected chi connectivity index (χ2v) is 5.91. The molecule has 0 amide bonds. The van der Waals surface area contributed by atoms with Crippen LogP contribution in [0.5, 0.6) is 0 Å². The molecule has 0 heterocycles. The summed E-state index contributed by atoms with van der Waals surface area (Å²) in [5, 5.41) is 3.64. The van der Waals surface area contributed by atoms with Crippen LogP contribution in [0.2, 0.25) is 0 Å². The van der Waals surface area contributed by atoms with Gasteiger partial charge in [0.1, 0.15) is 0 Å². The van der Waals surface area contributed by atoms with E-state index in [9.17, 15) is 0 Å². The fourth-order valence-corrected chi connectivity index (χ4v) is 3.05. The topological polar surface area (TPSA) is 12.0 Å². The maximum Gasteiger partial charge on any atom is 0.0345 e. The molecule has 0 saturated carbocycles. The molecule has 20 heavy (non-hydrogen) atoms. The van der Waals surface area contributed by atoms with Gasteiger partial charge in [-0.2, -0.15) is 0 Å². The molecular formula is C19H23N. The summed E-state index contributed by atoms with van der Waals surface area (Å²) in [6.07, 6.45) is 6.14. The average Bonchev–Trinajstić information content (AvgIpc) is 2.94. The van der Waals surface area contributed by atoms with Crippen LogP contribution in [0.1, 0.15) is 36.5 Å². The molecule has 1 aliphatic carbocycles. The summed E-state index contributed by atoms with van der Waals surface area (Å²) in [6, 6.07) is 18.1. The molecule has 1 heteroatoms. The molecule has 3 rings (SSSR count). The largest absolute Gasteiger partial charge is 0.383 e. The van der Waals surface area contributed by atoms with Crippen LogP contribution in [0.4, 0.5) is 5.69 Å². The van der Waals surface area contributed by atoms with Gasteiger partial charge < -0.3 is 5.32 Å². The van der Waals surface area contributed by atoms with Crippen molar-refractivity contribution in [2.75, 3.05) is 5.32 Å². The lowest BCUT2D eigenvalue weighted by atomic mass is 10.1. The fraction of sp³-hybridized carbons (Fsp3) is 0.368. The predicted molar refractivity (Wildman–Crippen MR) is 86.3 cm³/mol. The summed E-state index contributed by atoms with van der Waals surface area (Å²) in [6.45, 7) is 2.27. The molecule has 2 aromatic carbocycles. The Morgan fingerprint density at radius 2 is 1.80 bits per heavy atom.